The maximum absolute atomic E-state index is 11.6. The number of ketones is 1. The van der Waals surface area contributed by atoms with Gasteiger partial charge in [-0.1, -0.05) is 0 Å². The van der Waals surface area contributed by atoms with Gasteiger partial charge in [0.2, 0.25) is 3.79 Å². The van der Waals surface area contributed by atoms with Crippen LogP contribution in [0.2, 0.25) is 0 Å². The van der Waals surface area contributed by atoms with Gasteiger partial charge in [-0.3, -0.25) is 9.59 Å². The molecule has 7 heteroatoms. The zero-order valence-electron chi connectivity index (χ0n) is 11.7. The van der Waals surface area contributed by atoms with Gasteiger partial charge in [0.05, 0.1) is 6.42 Å². The van der Waals surface area contributed by atoms with Crippen LogP contribution in [0.25, 0.3) is 0 Å². The molecular formula is C14H15IO6. The van der Waals surface area contributed by atoms with E-state index in [1.54, 1.807) is 22.6 Å². The van der Waals surface area contributed by atoms with Gasteiger partial charge in [0, 0.05) is 47.8 Å². The van der Waals surface area contributed by atoms with Crippen molar-refractivity contribution in [3.8, 4) is 11.5 Å². The molecule has 0 bridgehead atoms. The van der Waals surface area contributed by atoms with Gasteiger partial charge >= 0.3 is 5.97 Å². The molecule has 0 fully saturated rings. The van der Waals surface area contributed by atoms with Crippen molar-refractivity contribution in [1.82, 2.24) is 0 Å². The summed E-state index contributed by atoms with van der Waals surface area (Å²) in [7, 11) is 1.47. The van der Waals surface area contributed by atoms with E-state index in [2.05, 4.69) is 0 Å². The fourth-order valence-corrected chi connectivity index (χ4v) is 1.73. The summed E-state index contributed by atoms with van der Waals surface area (Å²) in [6.45, 7) is 1.41. The molecule has 1 aromatic carbocycles. The number of hydrogen-bond acceptors (Lipinski definition) is 6. The zero-order chi connectivity index (χ0) is 15.8. The Balaban J connectivity index is 2.84. The monoisotopic (exact) mass is 406 g/mol. The van der Waals surface area contributed by atoms with Crippen LogP contribution in [0.3, 0.4) is 0 Å². The molecule has 0 spiro atoms. The molecule has 0 amide bonds. The summed E-state index contributed by atoms with van der Waals surface area (Å²) in [5, 5.41) is 0. The van der Waals surface area contributed by atoms with Crippen LogP contribution in [0.1, 0.15) is 30.1 Å². The molecule has 0 N–H and O–H groups in total. The van der Waals surface area contributed by atoms with Gasteiger partial charge in [-0.15, -0.1) is 0 Å². The van der Waals surface area contributed by atoms with E-state index in [0.29, 0.717) is 11.3 Å². The lowest BCUT2D eigenvalue weighted by Crippen LogP contribution is -2.10. The minimum atomic E-state index is -0.541. The molecule has 1 aromatic rings. The smallest absolute Gasteiger partial charge is 0.311 e. The molecule has 21 heavy (non-hydrogen) atoms. The van der Waals surface area contributed by atoms with E-state index in [1.165, 1.54) is 32.2 Å². The molecule has 0 saturated heterocycles. The standard InChI is InChI=1S/C14H15IO6/c1-9(16)3-4-13(17)21-12-6-10(14(15)18)5-11(7-12)20-8-19-2/h5-7H,3-4,8H2,1-2H3. The molecule has 1 rings (SSSR count). The molecule has 0 aromatic heterocycles. The van der Waals surface area contributed by atoms with Crippen LogP contribution in [0.4, 0.5) is 0 Å². The first-order chi connectivity index (χ1) is 9.92. The minimum absolute atomic E-state index is 0.00793. The number of rotatable bonds is 8. The van der Waals surface area contributed by atoms with Crippen molar-refractivity contribution in [1.29, 1.82) is 0 Å². The van der Waals surface area contributed by atoms with Crippen molar-refractivity contribution in [3.63, 3.8) is 0 Å². The minimum Gasteiger partial charge on any atom is -0.467 e. The predicted molar refractivity (Wildman–Crippen MR) is 82.8 cm³/mol. The summed E-state index contributed by atoms with van der Waals surface area (Å²) in [5.74, 6) is -0.0842. The Bertz CT molecular complexity index is 540. The van der Waals surface area contributed by atoms with Gasteiger partial charge in [-0.05, 0) is 19.1 Å². The maximum atomic E-state index is 11.6. The Morgan fingerprint density at radius 1 is 1.10 bits per heavy atom. The lowest BCUT2D eigenvalue weighted by Gasteiger charge is -2.09. The quantitative estimate of drug-likeness (QED) is 0.217. The molecule has 114 valence electrons. The van der Waals surface area contributed by atoms with Crippen molar-refractivity contribution in [2.45, 2.75) is 19.8 Å². The van der Waals surface area contributed by atoms with Crippen LogP contribution in [0, 0.1) is 0 Å². The lowest BCUT2D eigenvalue weighted by atomic mass is 10.2. The third-order valence-corrected chi connectivity index (χ3v) is 2.99. The van der Waals surface area contributed by atoms with E-state index in [0.717, 1.165) is 0 Å². The van der Waals surface area contributed by atoms with Gasteiger partial charge in [-0.25, -0.2) is 0 Å². The number of carbonyl (C=O) groups is 3. The van der Waals surface area contributed by atoms with Gasteiger partial charge in [-0.2, -0.15) is 0 Å². The summed E-state index contributed by atoms with van der Waals surface area (Å²) in [6, 6.07) is 4.45. The number of benzene rings is 1. The van der Waals surface area contributed by atoms with Crippen molar-refractivity contribution < 1.29 is 28.6 Å². The molecule has 0 aliphatic carbocycles. The molecular weight excluding hydrogens is 391 g/mol. The molecule has 0 aliphatic heterocycles. The van der Waals surface area contributed by atoms with E-state index < -0.39 is 5.97 Å². The van der Waals surface area contributed by atoms with Crippen LogP contribution in [-0.4, -0.2) is 29.4 Å². The molecule has 0 heterocycles. The second-order valence-electron chi connectivity index (χ2n) is 4.19. The average molecular weight is 406 g/mol. The van der Waals surface area contributed by atoms with Crippen molar-refractivity contribution in [2.24, 2.45) is 0 Å². The Labute approximate surface area is 135 Å². The van der Waals surface area contributed by atoms with Crippen LogP contribution < -0.4 is 9.47 Å². The third-order valence-electron chi connectivity index (χ3n) is 2.36. The third kappa shape index (κ3) is 6.67. The fourth-order valence-electron chi connectivity index (χ4n) is 1.42. The molecule has 0 unspecified atom stereocenters. The largest absolute Gasteiger partial charge is 0.467 e. The molecule has 6 nitrogen and oxygen atoms in total. The molecule has 0 atom stereocenters. The maximum Gasteiger partial charge on any atom is 0.311 e. The normalized spacial score (nSPS) is 10.0. The van der Waals surface area contributed by atoms with Crippen molar-refractivity contribution >= 4 is 38.1 Å². The summed E-state index contributed by atoms with van der Waals surface area (Å²) in [4.78, 5) is 33.9. The summed E-state index contributed by atoms with van der Waals surface area (Å²) in [6.07, 6.45) is 0.114. The number of ether oxygens (including phenoxy) is 3. The molecule has 0 aliphatic rings. The van der Waals surface area contributed by atoms with E-state index in [9.17, 15) is 14.4 Å². The SMILES string of the molecule is COCOc1cc(OC(=O)CCC(C)=O)cc(C(=O)I)c1. The van der Waals surface area contributed by atoms with Gasteiger partial charge in [0.25, 0.3) is 0 Å². The van der Waals surface area contributed by atoms with E-state index in [1.807, 2.05) is 0 Å². The number of Topliss-reactive ketones (excluding diaryl/α,β-unsaturated/α-hetero) is 1. The van der Waals surface area contributed by atoms with Gasteiger partial charge in [0.1, 0.15) is 17.3 Å². The number of halogens is 1. The Morgan fingerprint density at radius 2 is 1.76 bits per heavy atom. The first-order valence-corrected chi connectivity index (χ1v) is 7.17. The zero-order valence-corrected chi connectivity index (χ0v) is 13.8. The summed E-state index contributed by atoms with van der Waals surface area (Å²) in [5.41, 5.74) is 0.346. The van der Waals surface area contributed by atoms with Gasteiger partial charge in [0.15, 0.2) is 6.79 Å². The number of carbonyl (C=O) groups excluding carboxylic acids is 3. The number of hydrogen-bond donors (Lipinski definition) is 0. The summed E-state index contributed by atoms with van der Waals surface area (Å²) >= 11 is 1.63. The van der Waals surface area contributed by atoms with E-state index in [4.69, 9.17) is 14.2 Å². The predicted octanol–water partition coefficient (Wildman–Crippen LogP) is 2.52. The van der Waals surface area contributed by atoms with Crippen LogP contribution in [-0.2, 0) is 14.3 Å². The second-order valence-corrected chi connectivity index (χ2v) is 5.17. The lowest BCUT2D eigenvalue weighted by molar-refractivity contribution is -0.135. The first kappa shape index (κ1) is 17.6. The Hall–Kier alpha value is -1.48. The first-order valence-electron chi connectivity index (χ1n) is 6.09. The highest BCUT2D eigenvalue weighted by atomic mass is 127. The van der Waals surface area contributed by atoms with Crippen molar-refractivity contribution in [2.75, 3.05) is 13.9 Å². The Kier molecular flexibility index (Phi) is 7.30. The summed E-state index contributed by atoms with van der Waals surface area (Å²) < 4.78 is 14.9. The highest BCUT2D eigenvalue weighted by Crippen LogP contribution is 2.25. The highest BCUT2D eigenvalue weighted by Gasteiger charge is 2.11. The van der Waals surface area contributed by atoms with Gasteiger partial charge < -0.3 is 19.0 Å². The van der Waals surface area contributed by atoms with Crippen LogP contribution in [0.5, 0.6) is 11.5 Å². The number of methoxy groups -OCH3 is 1. The van der Waals surface area contributed by atoms with E-state index in [-0.39, 0.29) is 35.0 Å². The average Bonchev–Trinajstić information content (AvgIpc) is 2.42. The molecule has 0 radical (unpaired) electrons. The topological polar surface area (TPSA) is 78.9 Å². The fraction of sp³-hybridized carbons (Fsp3) is 0.357. The van der Waals surface area contributed by atoms with Crippen LogP contribution in [0.15, 0.2) is 18.2 Å². The molecule has 0 saturated carbocycles. The Morgan fingerprint density at radius 3 is 2.33 bits per heavy atom. The number of esters is 1. The van der Waals surface area contributed by atoms with Crippen LogP contribution >= 0.6 is 22.6 Å². The second kappa shape index (κ2) is 8.73. The van der Waals surface area contributed by atoms with Crippen molar-refractivity contribution in [3.05, 3.63) is 23.8 Å². The van der Waals surface area contributed by atoms with E-state index >= 15 is 0 Å². The highest BCUT2D eigenvalue weighted by molar-refractivity contribution is 14.1.